The molecule has 3 aromatic heterocycles. The van der Waals surface area contributed by atoms with Crippen LogP contribution in [0.1, 0.15) is 0 Å². The fourth-order valence-corrected chi connectivity index (χ4v) is 1.67. The van der Waals surface area contributed by atoms with Gasteiger partial charge in [-0.3, -0.25) is 24.5 Å². The zero-order valence-electron chi connectivity index (χ0n) is 9.21. The van der Waals surface area contributed by atoms with Gasteiger partial charge in [-0.1, -0.05) is 0 Å². The first-order valence-electron chi connectivity index (χ1n) is 5.08. The topological polar surface area (TPSA) is 138 Å². The van der Waals surface area contributed by atoms with E-state index in [9.17, 15) is 19.2 Å². The van der Waals surface area contributed by atoms with E-state index in [2.05, 4.69) is 9.97 Å². The number of hydrogen-bond donors (Lipinski definition) is 3. The van der Waals surface area contributed by atoms with Gasteiger partial charge in [-0.15, -0.1) is 0 Å². The minimum atomic E-state index is -0.729. The Morgan fingerprint density at radius 3 is 2.53 bits per heavy atom. The van der Waals surface area contributed by atoms with E-state index in [1.165, 1.54) is 12.5 Å². The van der Waals surface area contributed by atoms with Crippen molar-refractivity contribution in [3.63, 3.8) is 0 Å². The first-order valence-corrected chi connectivity index (χ1v) is 5.08. The third-order valence-corrected chi connectivity index (χ3v) is 2.46. The molecule has 0 unspecified atom stereocenters. The van der Waals surface area contributed by atoms with Crippen LogP contribution < -0.4 is 22.5 Å². The van der Waals surface area contributed by atoms with Crippen LogP contribution in [0, 0.1) is 0 Å². The van der Waals surface area contributed by atoms with Crippen LogP contribution in [0.2, 0.25) is 0 Å². The van der Waals surface area contributed by atoms with Crippen LogP contribution in [0.3, 0.4) is 0 Å². The number of rotatable bonds is 1. The summed E-state index contributed by atoms with van der Waals surface area (Å²) in [4.78, 5) is 55.5. The van der Waals surface area contributed by atoms with Crippen molar-refractivity contribution >= 4 is 11.2 Å². The average Bonchev–Trinajstić information content (AvgIpc) is 2.73. The molecule has 96 valence electrons. The summed E-state index contributed by atoms with van der Waals surface area (Å²) in [7, 11) is 0. The van der Waals surface area contributed by atoms with Gasteiger partial charge in [0, 0.05) is 12.3 Å². The molecule has 0 radical (unpaired) electrons. The van der Waals surface area contributed by atoms with E-state index >= 15 is 0 Å². The Balaban J connectivity index is 2.44. The molecule has 10 nitrogen and oxygen atoms in total. The van der Waals surface area contributed by atoms with Gasteiger partial charge in [0.2, 0.25) is 0 Å². The normalized spacial score (nSPS) is 10.9. The Hall–Kier alpha value is -3.17. The van der Waals surface area contributed by atoms with Crippen molar-refractivity contribution in [3.05, 3.63) is 60.3 Å². The van der Waals surface area contributed by atoms with Gasteiger partial charge in [0.05, 0.1) is 0 Å². The van der Waals surface area contributed by atoms with E-state index in [1.807, 2.05) is 9.97 Å². The molecule has 0 amide bonds. The smallest absolute Gasteiger partial charge is 0.290 e. The molecule has 3 heterocycles. The lowest BCUT2D eigenvalue weighted by molar-refractivity contribution is 0.618. The van der Waals surface area contributed by atoms with Gasteiger partial charge in [0.25, 0.3) is 11.1 Å². The second-order valence-corrected chi connectivity index (χ2v) is 3.65. The molecule has 3 rings (SSSR count). The number of nitrogens with one attached hydrogen (secondary N) is 3. The lowest BCUT2D eigenvalue weighted by Gasteiger charge is -2.05. The van der Waals surface area contributed by atoms with Crippen molar-refractivity contribution in [1.82, 2.24) is 29.3 Å². The summed E-state index contributed by atoms with van der Waals surface area (Å²) in [6.45, 7) is 0. The van der Waals surface area contributed by atoms with E-state index in [0.717, 1.165) is 15.4 Å². The van der Waals surface area contributed by atoms with E-state index < -0.39 is 22.5 Å². The fourth-order valence-electron chi connectivity index (χ4n) is 1.67. The van der Waals surface area contributed by atoms with E-state index in [4.69, 9.17) is 0 Å². The first-order chi connectivity index (χ1) is 9.06. The van der Waals surface area contributed by atoms with Crippen LogP contribution >= 0.6 is 0 Å². The molecular formula is C9H6N6O4. The van der Waals surface area contributed by atoms with Crippen molar-refractivity contribution < 1.29 is 0 Å². The molecule has 0 aliphatic heterocycles. The van der Waals surface area contributed by atoms with Crippen molar-refractivity contribution in [2.45, 2.75) is 0 Å². The van der Waals surface area contributed by atoms with Gasteiger partial charge in [0.1, 0.15) is 6.33 Å². The SMILES string of the molecule is O=c1ccn(-n2cnc3c(=O)[nH]c(=O)[nH]c32)c(=O)[nH]1. The number of fused-ring (bicyclic) bond motifs is 1. The average molecular weight is 262 g/mol. The zero-order valence-corrected chi connectivity index (χ0v) is 9.21. The lowest BCUT2D eigenvalue weighted by Crippen LogP contribution is -2.33. The second-order valence-electron chi connectivity index (χ2n) is 3.65. The monoisotopic (exact) mass is 262 g/mol. The first kappa shape index (κ1) is 11.0. The summed E-state index contributed by atoms with van der Waals surface area (Å²) < 4.78 is 2.14. The highest BCUT2D eigenvalue weighted by Gasteiger charge is 2.10. The van der Waals surface area contributed by atoms with Crippen molar-refractivity contribution in [3.8, 4) is 0 Å². The van der Waals surface area contributed by atoms with E-state index in [1.54, 1.807) is 0 Å². The van der Waals surface area contributed by atoms with Crippen molar-refractivity contribution in [2.24, 2.45) is 0 Å². The molecule has 3 aromatic rings. The summed E-state index contributed by atoms with van der Waals surface area (Å²) in [5.74, 6) is 0. The predicted molar refractivity (Wildman–Crippen MR) is 63.1 cm³/mol. The number of hydrogen-bond acceptors (Lipinski definition) is 5. The highest BCUT2D eigenvalue weighted by molar-refractivity contribution is 5.68. The molecule has 0 fully saturated rings. The van der Waals surface area contributed by atoms with Gasteiger partial charge < -0.3 is 0 Å². The Morgan fingerprint density at radius 1 is 1.00 bits per heavy atom. The fraction of sp³-hybridized carbons (Fsp3) is 0. The summed E-state index contributed by atoms with van der Waals surface area (Å²) >= 11 is 0. The Kier molecular flexibility index (Phi) is 2.11. The number of H-pyrrole nitrogens is 3. The van der Waals surface area contributed by atoms with Gasteiger partial charge >= 0.3 is 11.4 Å². The van der Waals surface area contributed by atoms with Crippen LogP contribution in [0.25, 0.3) is 11.2 Å². The maximum Gasteiger partial charge on any atom is 0.347 e. The quantitative estimate of drug-likeness (QED) is 0.447. The largest absolute Gasteiger partial charge is 0.347 e. The van der Waals surface area contributed by atoms with Gasteiger partial charge in [-0.2, -0.15) is 0 Å². The maximum atomic E-state index is 11.6. The summed E-state index contributed by atoms with van der Waals surface area (Å²) in [6.07, 6.45) is 2.37. The molecule has 3 N–H and O–H groups in total. The maximum absolute atomic E-state index is 11.6. The highest BCUT2D eigenvalue weighted by Crippen LogP contribution is 2.01. The summed E-state index contributed by atoms with van der Waals surface area (Å²) in [5, 5.41) is 0. The molecule has 10 heteroatoms. The van der Waals surface area contributed by atoms with Crippen LogP contribution in [-0.2, 0) is 0 Å². The molecule has 0 spiro atoms. The number of aromatic amines is 3. The van der Waals surface area contributed by atoms with Crippen LogP contribution in [0.4, 0.5) is 0 Å². The third kappa shape index (κ3) is 1.62. The molecular weight excluding hydrogens is 256 g/mol. The van der Waals surface area contributed by atoms with Gasteiger partial charge in [-0.05, 0) is 0 Å². The van der Waals surface area contributed by atoms with Gasteiger partial charge in [-0.25, -0.2) is 23.9 Å². The second kappa shape index (κ2) is 3.66. The number of imidazole rings is 1. The molecule has 19 heavy (non-hydrogen) atoms. The molecule has 0 aromatic carbocycles. The molecule has 0 bridgehead atoms. The van der Waals surface area contributed by atoms with E-state index in [-0.39, 0.29) is 11.2 Å². The van der Waals surface area contributed by atoms with Crippen molar-refractivity contribution in [2.75, 3.05) is 0 Å². The standard InChI is InChI=1S/C9H6N6O4/c16-4-1-2-14(9(19)11-4)15-3-10-5-6(15)12-8(18)13-7(5)17/h1-3H,(H,11,16,19)(H2,12,13,17,18). The molecule has 0 saturated heterocycles. The zero-order chi connectivity index (χ0) is 13.6. The summed E-state index contributed by atoms with van der Waals surface area (Å²) in [5.41, 5.74) is -2.67. The van der Waals surface area contributed by atoms with Crippen molar-refractivity contribution in [1.29, 1.82) is 0 Å². The summed E-state index contributed by atoms with van der Waals surface area (Å²) in [6, 6.07) is 1.12. The van der Waals surface area contributed by atoms with Crippen LogP contribution in [0.5, 0.6) is 0 Å². The van der Waals surface area contributed by atoms with E-state index in [0.29, 0.717) is 0 Å². The Bertz CT molecular complexity index is 1000. The molecule has 0 saturated carbocycles. The molecule has 0 aliphatic carbocycles. The highest BCUT2D eigenvalue weighted by atomic mass is 16.2. The minimum absolute atomic E-state index is 0.0299. The van der Waals surface area contributed by atoms with Gasteiger partial charge in [0.15, 0.2) is 11.2 Å². The van der Waals surface area contributed by atoms with Crippen LogP contribution in [0.15, 0.2) is 37.8 Å². The molecule has 0 aliphatic rings. The molecule has 0 atom stereocenters. The van der Waals surface area contributed by atoms with Crippen LogP contribution in [-0.4, -0.2) is 29.3 Å². The number of aromatic nitrogens is 6. The predicted octanol–water partition coefficient (Wildman–Crippen LogP) is -2.43. The Labute approximate surface area is 102 Å². The Morgan fingerprint density at radius 2 is 1.79 bits per heavy atom. The number of nitrogens with zero attached hydrogens (tertiary/aromatic N) is 3. The lowest BCUT2D eigenvalue weighted by atomic mass is 10.5. The minimum Gasteiger partial charge on any atom is -0.290 e. The third-order valence-electron chi connectivity index (χ3n) is 2.46.